The fourth-order valence-electron chi connectivity index (χ4n) is 3.26. The molecule has 0 aliphatic carbocycles. The highest BCUT2D eigenvalue weighted by Crippen LogP contribution is 2.26. The number of hydrogen-bond donors (Lipinski definition) is 2. The number of halogens is 3. The van der Waals surface area contributed by atoms with Gasteiger partial charge in [0.15, 0.2) is 5.82 Å². The number of rotatable bonds is 7. The van der Waals surface area contributed by atoms with Gasteiger partial charge in [-0.1, -0.05) is 23.5 Å². The monoisotopic (exact) mass is 465 g/mol. The topological polar surface area (TPSA) is 105 Å². The van der Waals surface area contributed by atoms with Crippen molar-refractivity contribution in [2.45, 2.75) is 25.2 Å². The van der Waals surface area contributed by atoms with Crippen LogP contribution in [-0.2, 0) is 11.2 Å². The molecule has 1 aliphatic rings. The maximum absolute atomic E-state index is 12.3. The van der Waals surface area contributed by atoms with E-state index in [2.05, 4.69) is 40.7 Å². The van der Waals surface area contributed by atoms with E-state index in [4.69, 9.17) is 0 Å². The van der Waals surface area contributed by atoms with E-state index in [9.17, 15) is 18.0 Å². The number of anilines is 3. The van der Waals surface area contributed by atoms with Crippen molar-refractivity contribution in [3.63, 3.8) is 0 Å². The molecule has 0 saturated carbocycles. The van der Waals surface area contributed by atoms with Crippen LogP contribution in [0, 0.1) is 0 Å². The third kappa shape index (κ3) is 6.03. The van der Waals surface area contributed by atoms with E-state index in [-0.39, 0.29) is 18.2 Å². The number of nitrogens with one attached hydrogen (secondary N) is 2. The summed E-state index contributed by atoms with van der Waals surface area (Å²) in [5.74, 6) is 0.00978. The second-order valence-corrected chi connectivity index (χ2v) is 7.97. The average Bonchev–Trinajstić information content (AvgIpc) is 3.37. The molecule has 1 fully saturated rings. The van der Waals surface area contributed by atoms with Gasteiger partial charge in [-0.05, 0) is 36.2 Å². The van der Waals surface area contributed by atoms with Gasteiger partial charge in [-0.25, -0.2) is 0 Å². The Hall–Kier alpha value is -3.48. The molecular formula is C19H18F3N7O2S. The maximum Gasteiger partial charge on any atom is 0.573 e. The highest BCUT2D eigenvalue weighted by Gasteiger charge is 2.31. The predicted octanol–water partition coefficient (Wildman–Crippen LogP) is 3.10. The summed E-state index contributed by atoms with van der Waals surface area (Å²) in [7, 11) is 0. The highest BCUT2D eigenvalue weighted by atomic mass is 32.1. The van der Waals surface area contributed by atoms with E-state index < -0.39 is 12.3 Å². The lowest BCUT2D eigenvalue weighted by atomic mass is 10.1. The summed E-state index contributed by atoms with van der Waals surface area (Å²) in [6, 6.07) is 9.16. The number of amides is 1. The van der Waals surface area contributed by atoms with Crippen LogP contribution < -0.4 is 20.3 Å². The molecule has 1 atom stereocenters. The molecule has 1 amide bonds. The van der Waals surface area contributed by atoms with Crippen LogP contribution in [0.5, 0.6) is 5.75 Å². The molecule has 3 aromatic rings. The van der Waals surface area contributed by atoms with Crippen molar-refractivity contribution in [3.8, 4) is 5.75 Å². The third-order valence-electron chi connectivity index (χ3n) is 4.57. The van der Waals surface area contributed by atoms with Crippen LogP contribution in [0.25, 0.3) is 0 Å². The van der Waals surface area contributed by atoms with Crippen molar-refractivity contribution in [2.24, 2.45) is 0 Å². The fourth-order valence-corrected chi connectivity index (χ4v) is 3.99. The predicted molar refractivity (Wildman–Crippen MR) is 112 cm³/mol. The minimum absolute atomic E-state index is 0.132. The highest BCUT2D eigenvalue weighted by molar-refractivity contribution is 7.19. The molecule has 32 heavy (non-hydrogen) atoms. The molecule has 0 bridgehead atoms. The van der Waals surface area contributed by atoms with E-state index >= 15 is 0 Å². The number of aromatic nitrogens is 4. The third-order valence-corrected chi connectivity index (χ3v) is 5.34. The van der Waals surface area contributed by atoms with E-state index in [1.165, 1.54) is 29.5 Å². The van der Waals surface area contributed by atoms with Crippen LogP contribution >= 0.6 is 11.3 Å². The van der Waals surface area contributed by atoms with E-state index in [1.54, 1.807) is 12.3 Å². The lowest BCUT2D eigenvalue weighted by Gasteiger charge is -2.16. The van der Waals surface area contributed by atoms with Gasteiger partial charge < -0.3 is 20.3 Å². The Labute approximate surface area is 184 Å². The second-order valence-electron chi connectivity index (χ2n) is 6.99. The van der Waals surface area contributed by atoms with Gasteiger partial charge in [0.2, 0.25) is 16.2 Å². The van der Waals surface area contributed by atoms with Crippen molar-refractivity contribution in [1.29, 1.82) is 0 Å². The summed E-state index contributed by atoms with van der Waals surface area (Å²) in [4.78, 5) is 14.4. The van der Waals surface area contributed by atoms with Gasteiger partial charge in [0.1, 0.15) is 5.75 Å². The van der Waals surface area contributed by atoms with E-state index in [0.717, 1.165) is 25.3 Å². The Bertz CT molecular complexity index is 1060. The zero-order valence-electron chi connectivity index (χ0n) is 16.5. The first-order valence-corrected chi connectivity index (χ1v) is 10.4. The first kappa shape index (κ1) is 21.7. The molecule has 1 aliphatic heterocycles. The van der Waals surface area contributed by atoms with Gasteiger partial charge in [-0.2, -0.15) is 5.10 Å². The summed E-state index contributed by atoms with van der Waals surface area (Å²) < 4.78 is 40.9. The van der Waals surface area contributed by atoms with Crippen molar-refractivity contribution in [2.75, 3.05) is 28.6 Å². The lowest BCUT2D eigenvalue weighted by molar-refractivity contribution is -0.274. The molecule has 2 aromatic heterocycles. The number of nitrogens with zero attached hydrogens (tertiary/aromatic N) is 5. The molecule has 4 rings (SSSR count). The summed E-state index contributed by atoms with van der Waals surface area (Å²) in [5, 5.41) is 22.8. The van der Waals surface area contributed by atoms with Crippen LogP contribution in [0.3, 0.4) is 0 Å². The van der Waals surface area contributed by atoms with Gasteiger partial charge in [-0.3, -0.25) is 4.79 Å². The molecule has 13 heteroatoms. The van der Waals surface area contributed by atoms with Gasteiger partial charge in [0, 0.05) is 25.3 Å². The molecule has 168 valence electrons. The van der Waals surface area contributed by atoms with Crippen molar-refractivity contribution >= 4 is 33.3 Å². The molecule has 3 heterocycles. The first-order valence-electron chi connectivity index (χ1n) is 9.61. The quantitative estimate of drug-likeness (QED) is 0.549. The second kappa shape index (κ2) is 9.34. The van der Waals surface area contributed by atoms with Crippen molar-refractivity contribution in [3.05, 3.63) is 48.2 Å². The molecule has 1 saturated heterocycles. The molecule has 1 unspecified atom stereocenters. The number of carbonyl (C=O) groups is 1. The summed E-state index contributed by atoms with van der Waals surface area (Å²) >= 11 is 1.18. The van der Waals surface area contributed by atoms with Gasteiger partial charge in [0.25, 0.3) is 0 Å². The Balaban J connectivity index is 1.28. The SMILES string of the molecule is O=C(Cc1cccc(OC(F)(F)F)c1)Nc1nnc(NC2CCN(c3cccnn3)C2)s1. The zero-order chi connectivity index (χ0) is 22.6. The lowest BCUT2D eigenvalue weighted by Crippen LogP contribution is -2.26. The molecule has 9 nitrogen and oxygen atoms in total. The van der Waals surface area contributed by atoms with Crippen molar-refractivity contribution in [1.82, 2.24) is 20.4 Å². The van der Waals surface area contributed by atoms with Crippen LogP contribution in [0.2, 0.25) is 0 Å². The van der Waals surface area contributed by atoms with Crippen molar-refractivity contribution < 1.29 is 22.7 Å². The number of hydrogen-bond acceptors (Lipinski definition) is 9. The smallest absolute Gasteiger partial charge is 0.406 e. The molecule has 2 N–H and O–H groups in total. The largest absolute Gasteiger partial charge is 0.573 e. The molecule has 0 radical (unpaired) electrons. The van der Waals surface area contributed by atoms with Crippen LogP contribution in [0.1, 0.15) is 12.0 Å². The normalized spacial score (nSPS) is 16.1. The van der Waals surface area contributed by atoms with E-state index in [0.29, 0.717) is 15.8 Å². The summed E-state index contributed by atoms with van der Waals surface area (Å²) in [5.41, 5.74) is 0.377. The Kier molecular flexibility index (Phi) is 6.35. The molecule has 1 aromatic carbocycles. The van der Waals surface area contributed by atoms with E-state index in [1.807, 2.05) is 12.1 Å². The Morgan fingerprint density at radius 1 is 1.19 bits per heavy atom. The Morgan fingerprint density at radius 2 is 2.03 bits per heavy atom. The van der Waals surface area contributed by atoms with Crippen LogP contribution in [-0.4, -0.2) is 51.8 Å². The van der Waals surface area contributed by atoms with Crippen LogP contribution in [0.15, 0.2) is 42.6 Å². The minimum atomic E-state index is -4.79. The zero-order valence-corrected chi connectivity index (χ0v) is 17.4. The fraction of sp³-hybridized carbons (Fsp3) is 0.316. The Morgan fingerprint density at radius 3 is 2.81 bits per heavy atom. The standard InChI is InChI=1S/C19H18F3N7O2S/c20-19(21,22)31-14-4-1-3-12(9-14)10-16(30)25-18-28-27-17(32-18)24-13-6-8-29(11-13)15-5-2-7-23-26-15/h1-5,7,9,13H,6,8,10-11H2,(H,24,27)(H,25,28,30). The maximum atomic E-state index is 12.3. The van der Waals surface area contributed by atoms with Crippen LogP contribution in [0.4, 0.5) is 29.3 Å². The summed E-state index contributed by atoms with van der Waals surface area (Å²) in [6.45, 7) is 1.56. The number of alkyl halides is 3. The number of carbonyl (C=O) groups excluding carboxylic acids is 1. The average molecular weight is 465 g/mol. The number of ether oxygens (including phenoxy) is 1. The molecule has 0 spiro atoms. The molecular weight excluding hydrogens is 447 g/mol. The van der Waals surface area contributed by atoms with Gasteiger partial charge in [-0.15, -0.1) is 28.5 Å². The summed E-state index contributed by atoms with van der Waals surface area (Å²) in [6.07, 6.45) is -2.41. The first-order chi connectivity index (χ1) is 15.3. The van der Waals surface area contributed by atoms with Gasteiger partial charge >= 0.3 is 6.36 Å². The minimum Gasteiger partial charge on any atom is -0.406 e. The number of benzene rings is 1. The van der Waals surface area contributed by atoms with Gasteiger partial charge in [0.05, 0.1) is 6.42 Å².